The average Bonchev–Trinajstić information content (AvgIpc) is 2.78. The van der Waals surface area contributed by atoms with Crippen LogP contribution in [0.15, 0.2) is 72.9 Å². The van der Waals surface area contributed by atoms with Gasteiger partial charge in [0.15, 0.2) is 0 Å². The molecule has 6 nitrogen and oxygen atoms in total. The second-order valence-corrected chi connectivity index (χ2v) is 7.63. The fourth-order valence-electron chi connectivity index (χ4n) is 2.92. The number of rotatable bonds is 9. The molecule has 0 aliphatic heterocycles. The minimum absolute atomic E-state index is 0.273. The summed E-state index contributed by atoms with van der Waals surface area (Å²) in [5.41, 5.74) is 1.45. The zero-order valence-corrected chi connectivity index (χ0v) is 18.2. The molecule has 2 amide bonds. The van der Waals surface area contributed by atoms with E-state index >= 15 is 0 Å². The fraction of sp³-hybridized carbons (Fsp3) is 0.174. The molecule has 3 rings (SSSR count). The van der Waals surface area contributed by atoms with Gasteiger partial charge in [-0.05, 0) is 23.8 Å². The third-order valence-corrected chi connectivity index (χ3v) is 4.96. The first kappa shape index (κ1) is 22.6. The SMILES string of the molecule is O=C(NC(Cc1ccccc1)C(=O)NCCNc1ncc(Cl)cc1Cl)c1ccccc1. The molecule has 8 heteroatoms. The highest BCUT2D eigenvalue weighted by atomic mass is 35.5. The van der Waals surface area contributed by atoms with Crippen molar-refractivity contribution in [1.82, 2.24) is 15.6 Å². The predicted octanol–water partition coefficient (Wildman–Crippen LogP) is 3.96. The van der Waals surface area contributed by atoms with Gasteiger partial charge in [-0.1, -0.05) is 71.7 Å². The first-order valence-corrected chi connectivity index (χ1v) is 10.5. The van der Waals surface area contributed by atoms with E-state index in [-0.39, 0.29) is 11.8 Å². The van der Waals surface area contributed by atoms with Crippen molar-refractivity contribution < 1.29 is 9.59 Å². The summed E-state index contributed by atoms with van der Waals surface area (Å²) in [7, 11) is 0. The second kappa shape index (κ2) is 11.3. The van der Waals surface area contributed by atoms with Gasteiger partial charge in [-0.15, -0.1) is 0 Å². The van der Waals surface area contributed by atoms with Crippen LogP contribution in [-0.2, 0) is 11.2 Å². The van der Waals surface area contributed by atoms with Gasteiger partial charge in [0.1, 0.15) is 11.9 Å². The Balaban J connectivity index is 1.59. The van der Waals surface area contributed by atoms with Crippen LogP contribution in [0.5, 0.6) is 0 Å². The highest BCUT2D eigenvalue weighted by Crippen LogP contribution is 2.22. The molecule has 0 bridgehead atoms. The Morgan fingerprint density at radius 2 is 1.61 bits per heavy atom. The standard InChI is InChI=1S/C23H22Cl2N4O2/c24-18-14-19(25)21(28-15-18)26-11-12-27-23(31)20(13-16-7-3-1-4-8-16)29-22(30)17-9-5-2-6-10-17/h1-10,14-15,20H,11-13H2,(H,26,28)(H,27,31)(H,29,30). The third kappa shape index (κ3) is 6.98. The minimum Gasteiger partial charge on any atom is -0.367 e. The lowest BCUT2D eigenvalue weighted by atomic mass is 10.0. The van der Waals surface area contributed by atoms with Crippen molar-refractivity contribution >= 4 is 40.8 Å². The number of halogens is 2. The Labute approximate surface area is 191 Å². The van der Waals surface area contributed by atoms with Crippen molar-refractivity contribution in [2.24, 2.45) is 0 Å². The van der Waals surface area contributed by atoms with Gasteiger partial charge in [-0.2, -0.15) is 0 Å². The predicted molar refractivity (Wildman–Crippen MR) is 124 cm³/mol. The summed E-state index contributed by atoms with van der Waals surface area (Å²) >= 11 is 11.9. The number of nitrogens with one attached hydrogen (secondary N) is 3. The maximum absolute atomic E-state index is 12.8. The molecule has 0 aliphatic carbocycles. The molecule has 0 saturated heterocycles. The summed E-state index contributed by atoms with van der Waals surface area (Å²) in [6.45, 7) is 0.733. The molecule has 1 heterocycles. The molecule has 3 N–H and O–H groups in total. The van der Waals surface area contributed by atoms with Gasteiger partial charge in [0.25, 0.3) is 5.91 Å². The fourth-order valence-corrected chi connectivity index (χ4v) is 3.37. The molecule has 31 heavy (non-hydrogen) atoms. The largest absolute Gasteiger partial charge is 0.367 e. The molecule has 1 aromatic heterocycles. The summed E-state index contributed by atoms with van der Waals surface area (Å²) in [6, 6.07) is 19.2. The summed E-state index contributed by atoms with van der Waals surface area (Å²) in [5, 5.41) is 9.58. The number of hydrogen-bond donors (Lipinski definition) is 3. The molecule has 0 radical (unpaired) electrons. The summed E-state index contributed by atoms with van der Waals surface area (Å²) in [5.74, 6) is -0.0874. The van der Waals surface area contributed by atoms with Crippen LogP contribution >= 0.6 is 23.2 Å². The normalized spacial score (nSPS) is 11.4. The maximum Gasteiger partial charge on any atom is 0.251 e. The summed E-state index contributed by atoms with van der Waals surface area (Å²) in [4.78, 5) is 29.5. The van der Waals surface area contributed by atoms with Crippen molar-refractivity contribution in [3.05, 3.63) is 94.1 Å². The molecular formula is C23H22Cl2N4O2. The maximum atomic E-state index is 12.8. The van der Waals surface area contributed by atoms with Crippen molar-refractivity contribution in [2.45, 2.75) is 12.5 Å². The lowest BCUT2D eigenvalue weighted by Gasteiger charge is -2.19. The van der Waals surface area contributed by atoms with Crippen LogP contribution < -0.4 is 16.0 Å². The summed E-state index contributed by atoms with van der Waals surface area (Å²) in [6.07, 6.45) is 1.87. The van der Waals surface area contributed by atoms with Crippen LogP contribution in [0.25, 0.3) is 0 Å². The van der Waals surface area contributed by atoms with Crippen LogP contribution in [-0.4, -0.2) is 35.9 Å². The van der Waals surface area contributed by atoms with E-state index in [4.69, 9.17) is 23.2 Å². The number of carbonyl (C=O) groups excluding carboxylic acids is 2. The van der Waals surface area contributed by atoms with Gasteiger partial charge in [-0.3, -0.25) is 9.59 Å². The van der Waals surface area contributed by atoms with Gasteiger partial charge >= 0.3 is 0 Å². The van der Waals surface area contributed by atoms with Crippen LogP contribution in [0.1, 0.15) is 15.9 Å². The van der Waals surface area contributed by atoms with Gasteiger partial charge in [0.2, 0.25) is 5.91 Å². The Kier molecular flexibility index (Phi) is 8.27. The number of anilines is 1. The zero-order chi connectivity index (χ0) is 22.1. The number of benzene rings is 2. The quantitative estimate of drug-likeness (QED) is 0.425. The van der Waals surface area contributed by atoms with Crippen LogP contribution in [0.4, 0.5) is 5.82 Å². The average molecular weight is 457 g/mol. The van der Waals surface area contributed by atoms with Crippen molar-refractivity contribution in [3.63, 3.8) is 0 Å². The van der Waals surface area contributed by atoms with E-state index in [2.05, 4.69) is 20.9 Å². The molecule has 1 atom stereocenters. The van der Waals surface area contributed by atoms with Gasteiger partial charge < -0.3 is 16.0 Å². The smallest absolute Gasteiger partial charge is 0.251 e. The Hall–Kier alpha value is -3.09. The van der Waals surface area contributed by atoms with E-state index in [9.17, 15) is 9.59 Å². The van der Waals surface area contributed by atoms with Gasteiger partial charge in [0, 0.05) is 31.3 Å². The molecule has 2 aromatic carbocycles. The second-order valence-electron chi connectivity index (χ2n) is 6.78. The van der Waals surface area contributed by atoms with Crippen LogP contribution in [0.3, 0.4) is 0 Å². The molecular weight excluding hydrogens is 435 g/mol. The lowest BCUT2D eigenvalue weighted by molar-refractivity contribution is -0.122. The Bertz CT molecular complexity index is 1020. The van der Waals surface area contributed by atoms with E-state index in [1.54, 1.807) is 30.3 Å². The number of amides is 2. The van der Waals surface area contributed by atoms with E-state index in [1.807, 2.05) is 36.4 Å². The first-order valence-electron chi connectivity index (χ1n) is 9.75. The zero-order valence-electron chi connectivity index (χ0n) is 16.6. The molecule has 0 aliphatic rings. The highest BCUT2D eigenvalue weighted by Gasteiger charge is 2.21. The van der Waals surface area contributed by atoms with E-state index in [0.717, 1.165) is 5.56 Å². The minimum atomic E-state index is -0.715. The highest BCUT2D eigenvalue weighted by molar-refractivity contribution is 6.35. The molecule has 3 aromatic rings. The van der Waals surface area contributed by atoms with Gasteiger partial charge in [-0.25, -0.2) is 4.98 Å². The number of aromatic nitrogens is 1. The Morgan fingerprint density at radius 1 is 0.935 bits per heavy atom. The topological polar surface area (TPSA) is 83.1 Å². The van der Waals surface area contributed by atoms with Crippen LogP contribution in [0, 0.1) is 0 Å². The van der Waals surface area contributed by atoms with Crippen molar-refractivity contribution in [3.8, 4) is 0 Å². The number of pyridine rings is 1. The first-order chi connectivity index (χ1) is 15.0. The Morgan fingerprint density at radius 3 is 2.29 bits per heavy atom. The lowest BCUT2D eigenvalue weighted by Crippen LogP contribution is -2.48. The van der Waals surface area contributed by atoms with E-state index in [0.29, 0.717) is 40.9 Å². The number of hydrogen-bond acceptors (Lipinski definition) is 4. The molecule has 1 unspecified atom stereocenters. The van der Waals surface area contributed by atoms with E-state index in [1.165, 1.54) is 6.20 Å². The summed E-state index contributed by atoms with van der Waals surface area (Å²) < 4.78 is 0. The monoisotopic (exact) mass is 456 g/mol. The van der Waals surface area contributed by atoms with Crippen LogP contribution in [0.2, 0.25) is 10.0 Å². The van der Waals surface area contributed by atoms with Crippen molar-refractivity contribution in [1.29, 1.82) is 0 Å². The molecule has 0 fully saturated rings. The molecule has 0 saturated carbocycles. The third-order valence-electron chi connectivity index (χ3n) is 4.46. The van der Waals surface area contributed by atoms with Gasteiger partial charge in [0.05, 0.1) is 10.0 Å². The number of nitrogens with zero attached hydrogens (tertiary/aromatic N) is 1. The number of carbonyl (C=O) groups is 2. The molecule has 160 valence electrons. The van der Waals surface area contributed by atoms with E-state index < -0.39 is 6.04 Å². The molecule has 0 spiro atoms. The van der Waals surface area contributed by atoms with Crippen molar-refractivity contribution in [2.75, 3.05) is 18.4 Å².